The fourth-order valence-electron chi connectivity index (χ4n) is 3.30. The lowest BCUT2D eigenvalue weighted by atomic mass is 10.1. The molecule has 146 valence electrons. The zero-order chi connectivity index (χ0) is 17.9. The minimum Gasteiger partial charge on any atom is -1.00 e. The number of benzene rings is 1. The third-order valence-electron chi connectivity index (χ3n) is 5.03. The van der Waals surface area contributed by atoms with Crippen molar-refractivity contribution in [1.29, 1.82) is 0 Å². The Balaban J connectivity index is 0.00000338. The Morgan fingerprint density at radius 1 is 0.962 bits per heavy atom. The quantitative estimate of drug-likeness (QED) is 0.378. The zero-order valence-electron chi connectivity index (χ0n) is 16.7. The average Bonchev–Trinajstić information content (AvgIpc) is 2.99. The maximum absolute atomic E-state index is 5.21. The Hall–Kier alpha value is -1.29. The highest BCUT2D eigenvalue weighted by Gasteiger charge is 2.11. The van der Waals surface area contributed by atoms with Gasteiger partial charge in [0, 0.05) is 6.92 Å². The number of hydrogen-bond acceptors (Lipinski definition) is 1. The summed E-state index contributed by atoms with van der Waals surface area (Å²) in [4.78, 5) is 0. The Bertz CT molecular complexity index is 607. The first-order valence-corrected chi connectivity index (χ1v) is 9.92. The fraction of sp³-hybridized carbons (Fsp3) is 0.591. The van der Waals surface area contributed by atoms with E-state index in [1.165, 1.54) is 56.3 Å². The van der Waals surface area contributed by atoms with E-state index in [1.807, 2.05) is 0 Å². The van der Waals surface area contributed by atoms with Crippen LogP contribution >= 0.6 is 0 Å². The Labute approximate surface area is 170 Å². The van der Waals surface area contributed by atoms with Crippen molar-refractivity contribution in [2.75, 3.05) is 7.11 Å². The van der Waals surface area contributed by atoms with Crippen LogP contribution in [0.3, 0.4) is 0 Å². The molecule has 1 heterocycles. The van der Waals surface area contributed by atoms with Gasteiger partial charge < -0.3 is 21.7 Å². The topological polar surface area (TPSA) is 18.0 Å². The number of rotatable bonds is 12. The highest BCUT2D eigenvalue weighted by atomic mass is 79.9. The molecule has 0 aliphatic carbocycles. The molecule has 0 fully saturated rings. The van der Waals surface area contributed by atoms with Gasteiger partial charge in [-0.25, -0.2) is 9.13 Å². The van der Waals surface area contributed by atoms with Gasteiger partial charge in [0.2, 0.25) is 0 Å². The van der Waals surface area contributed by atoms with E-state index in [4.69, 9.17) is 4.74 Å². The second-order valence-electron chi connectivity index (χ2n) is 6.95. The predicted molar refractivity (Wildman–Crippen MR) is 104 cm³/mol. The van der Waals surface area contributed by atoms with E-state index in [2.05, 4.69) is 59.6 Å². The van der Waals surface area contributed by atoms with E-state index < -0.39 is 0 Å². The molecule has 3 nitrogen and oxygen atoms in total. The molecule has 4 heteroatoms. The Kier molecular flexibility index (Phi) is 11.3. The monoisotopic (exact) mass is 422 g/mol. The van der Waals surface area contributed by atoms with Crippen LogP contribution in [0.2, 0.25) is 0 Å². The highest BCUT2D eigenvalue weighted by molar-refractivity contribution is 5.27. The first-order chi connectivity index (χ1) is 12.2. The SMILES string of the molecule is CCCCCCC[n+]1ccn(CCCCc2ccc(OC)cc2)c1C.[Br-]. The molecule has 0 spiro atoms. The molecule has 2 rings (SSSR count). The van der Waals surface area contributed by atoms with Crippen LogP contribution in [0.25, 0.3) is 0 Å². The van der Waals surface area contributed by atoms with Gasteiger partial charge in [0.05, 0.1) is 20.2 Å². The molecule has 26 heavy (non-hydrogen) atoms. The maximum Gasteiger partial charge on any atom is 0.253 e. The third kappa shape index (κ3) is 7.53. The van der Waals surface area contributed by atoms with Gasteiger partial charge in [-0.1, -0.05) is 38.3 Å². The molecular formula is C22H35BrN2O. The van der Waals surface area contributed by atoms with E-state index in [0.29, 0.717) is 0 Å². The lowest BCUT2D eigenvalue weighted by Crippen LogP contribution is -3.00. The number of aromatic nitrogens is 2. The van der Waals surface area contributed by atoms with Crippen molar-refractivity contribution < 1.29 is 26.3 Å². The number of halogens is 1. The van der Waals surface area contributed by atoms with Gasteiger partial charge >= 0.3 is 0 Å². The molecule has 0 aliphatic rings. The summed E-state index contributed by atoms with van der Waals surface area (Å²) in [5.41, 5.74) is 1.40. The number of aryl methyl sites for hydroxylation is 3. The van der Waals surface area contributed by atoms with E-state index in [9.17, 15) is 0 Å². The van der Waals surface area contributed by atoms with Crippen LogP contribution in [0.15, 0.2) is 36.7 Å². The summed E-state index contributed by atoms with van der Waals surface area (Å²) >= 11 is 0. The normalized spacial score (nSPS) is 10.6. The lowest BCUT2D eigenvalue weighted by Gasteiger charge is -2.04. The summed E-state index contributed by atoms with van der Waals surface area (Å²) in [6, 6.07) is 8.45. The predicted octanol–water partition coefficient (Wildman–Crippen LogP) is 2.09. The second kappa shape index (κ2) is 13.0. The molecule has 0 radical (unpaired) electrons. The Morgan fingerprint density at radius 3 is 2.38 bits per heavy atom. The first-order valence-electron chi connectivity index (χ1n) is 9.92. The van der Waals surface area contributed by atoms with Gasteiger partial charge in [-0.05, 0) is 49.8 Å². The standard InChI is InChI=1S/C22H35N2O.BrH/c1-4-5-6-7-9-16-23-18-19-24(20(23)2)17-10-8-11-21-12-14-22(25-3)15-13-21;/h12-15,18-19H,4-11,16-17H2,1-3H3;1H/q+1;/p-1. The van der Waals surface area contributed by atoms with E-state index >= 15 is 0 Å². The van der Waals surface area contributed by atoms with Crippen molar-refractivity contribution in [3.8, 4) is 5.75 Å². The fourth-order valence-corrected chi connectivity index (χ4v) is 3.30. The van der Waals surface area contributed by atoms with Gasteiger partial charge in [0.1, 0.15) is 18.1 Å². The highest BCUT2D eigenvalue weighted by Crippen LogP contribution is 2.13. The largest absolute Gasteiger partial charge is 1.00 e. The van der Waals surface area contributed by atoms with Crippen LogP contribution < -0.4 is 26.3 Å². The molecule has 0 atom stereocenters. The number of imidazole rings is 1. The third-order valence-corrected chi connectivity index (χ3v) is 5.03. The van der Waals surface area contributed by atoms with Crippen molar-refractivity contribution >= 4 is 0 Å². The van der Waals surface area contributed by atoms with Gasteiger partial charge in [-0.3, -0.25) is 0 Å². The number of ether oxygens (including phenoxy) is 1. The molecule has 0 saturated heterocycles. The maximum atomic E-state index is 5.21. The Morgan fingerprint density at radius 2 is 1.69 bits per heavy atom. The van der Waals surface area contributed by atoms with E-state index in [0.717, 1.165) is 25.3 Å². The van der Waals surface area contributed by atoms with Crippen LogP contribution in [-0.2, 0) is 19.5 Å². The minimum atomic E-state index is 0. The summed E-state index contributed by atoms with van der Waals surface area (Å²) in [6.45, 7) is 6.79. The van der Waals surface area contributed by atoms with Gasteiger partial charge in [-0.2, -0.15) is 0 Å². The molecule has 1 aromatic heterocycles. The molecule has 1 aromatic carbocycles. The van der Waals surface area contributed by atoms with Crippen LogP contribution in [-0.4, -0.2) is 11.7 Å². The average molecular weight is 423 g/mol. The summed E-state index contributed by atoms with van der Waals surface area (Å²) in [7, 11) is 1.71. The molecule has 0 unspecified atom stereocenters. The van der Waals surface area contributed by atoms with Crippen molar-refractivity contribution in [1.82, 2.24) is 4.57 Å². The van der Waals surface area contributed by atoms with Gasteiger partial charge in [0.25, 0.3) is 5.82 Å². The van der Waals surface area contributed by atoms with Crippen molar-refractivity contribution in [3.05, 3.63) is 48.0 Å². The zero-order valence-corrected chi connectivity index (χ0v) is 18.3. The number of hydrogen-bond donors (Lipinski definition) is 0. The summed E-state index contributed by atoms with van der Waals surface area (Å²) in [5, 5.41) is 0. The van der Waals surface area contributed by atoms with Crippen molar-refractivity contribution in [2.24, 2.45) is 0 Å². The van der Waals surface area contributed by atoms with Crippen LogP contribution in [0.5, 0.6) is 5.75 Å². The van der Waals surface area contributed by atoms with E-state index in [1.54, 1.807) is 7.11 Å². The lowest BCUT2D eigenvalue weighted by molar-refractivity contribution is -0.702. The molecular weight excluding hydrogens is 388 g/mol. The summed E-state index contributed by atoms with van der Waals surface area (Å²) < 4.78 is 10.0. The molecule has 0 amide bonds. The molecule has 2 aromatic rings. The number of nitrogens with zero attached hydrogens (tertiary/aromatic N) is 2. The first kappa shape index (κ1) is 22.8. The van der Waals surface area contributed by atoms with Gasteiger partial charge in [0.15, 0.2) is 0 Å². The van der Waals surface area contributed by atoms with Gasteiger partial charge in [-0.15, -0.1) is 0 Å². The number of unbranched alkanes of at least 4 members (excludes halogenated alkanes) is 5. The second-order valence-corrected chi connectivity index (χ2v) is 6.95. The molecule has 0 aliphatic heterocycles. The number of methoxy groups -OCH3 is 1. The smallest absolute Gasteiger partial charge is 0.253 e. The van der Waals surface area contributed by atoms with E-state index in [-0.39, 0.29) is 17.0 Å². The van der Waals surface area contributed by atoms with Crippen molar-refractivity contribution in [2.45, 2.75) is 78.3 Å². The minimum absolute atomic E-state index is 0. The van der Waals surface area contributed by atoms with Crippen LogP contribution in [0.4, 0.5) is 0 Å². The molecule has 0 N–H and O–H groups in total. The molecule has 0 bridgehead atoms. The van der Waals surface area contributed by atoms with Crippen LogP contribution in [0.1, 0.15) is 63.3 Å². The summed E-state index contributed by atoms with van der Waals surface area (Å²) in [6.07, 6.45) is 14.8. The van der Waals surface area contributed by atoms with Crippen molar-refractivity contribution in [3.63, 3.8) is 0 Å². The van der Waals surface area contributed by atoms with Crippen LogP contribution in [0, 0.1) is 6.92 Å². The summed E-state index contributed by atoms with van der Waals surface area (Å²) in [5.74, 6) is 2.32. The molecule has 0 saturated carbocycles.